The summed E-state index contributed by atoms with van der Waals surface area (Å²) in [5.41, 5.74) is 6.93. The van der Waals surface area contributed by atoms with Crippen LogP contribution in [0.3, 0.4) is 0 Å². The summed E-state index contributed by atoms with van der Waals surface area (Å²) >= 11 is 5.99. The predicted molar refractivity (Wildman–Crippen MR) is 101 cm³/mol. The van der Waals surface area contributed by atoms with Gasteiger partial charge in [-0.2, -0.15) is 0 Å². The molecule has 136 valence electrons. The monoisotopic (exact) mass is 374 g/mol. The first-order chi connectivity index (χ1) is 11.0. The quantitative estimate of drug-likeness (QED) is 0.770. The molecule has 1 fully saturated rings. The summed E-state index contributed by atoms with van der Waals surface area (Å²) in [6.45, 7) is 6.22. The third kappa shape index (κ3) is 6.15. The van der Waals surface area contributed by atoms with Crippen molar-refractivity contribution >= 4 is 29.9 Å². The van der Waals surface area contributed by atoms with Gasteiger partial charge in [-0.25, -0.2) is 0 Å². The fourth-order valence-corrected chi connectivity index (χ4v) is 3.07. The van der Waals surface area contributed by atoms with E-state index in [9.17, 15) is 4.79 Å². The van der Waals surface area contributed by atoms with E-state index in [1.807, 2.05) is 30.0 Å². The fourth-order valence-electron chi connectivity index (χ4n) is 2.95. The van der Waals surface area contributed by atoms with Gasteiger partial charge in [0.25, 0.3) is 0 Å². The number of rotatable bonds is 6. The molecule has 0 aliphatic carbocycles. The Labute approximate surface area is 156 Å². The molecule has 0 saturated carbocycles. The van der Waals surface area contributed by atoms with Crippen LogP contribution in [-0.2, 0) is 4.79 Å². The average Bonchev–Trinajstić information content (AvgIpc) is 2.54. The second-order valence-corrected chi connectivity index (χ2v) is 6.85. The Bertz CT molecular complexity index is 530. The van der Waals surface area contributed by atoms with Crippen molar-refractivity contribution in [3.05, 3.63) is 28.8 Å². The number of amides is 1. The number of nitrogens with two attached hydrogens (primary N) is 1. The smallest absolute Gasteiger partial charge is 0.222 e. The van der Waals surface area contributed by atoms with E-state index in [4.69, 9.17) is 22.1 Å². The lowest BCUT2D eigenvalue weighted by atomic mass is 9.91. The third-order valence-corrected chi connectivity index (χ3v) is 4.99. The standard InChI is InChI=1S/C18H27ClN2O2.ClH/c1-13-12-16(5-6-17(13)19)23-11-3-4-18(22)21-9-7-15(8-10-21)14(2)20;/h5-6,12,14-15H,3-4,7-11,20H2,1-2H3;1H. The Hall–Kier alpha value is -0.970. The molecule has 0 spiro atoms. The summed E-state index contributed by atoms with van der Waals surface area (Å²) in [7, 11) is 0. The van der Waals surface area contributed by atoms with Crippen molar-refractivity contribution in [3.63, 3.8) is 0 Å². The number of hydrogen-bond donors (Lipinski definition) is 1. The fraction of sp³-hybridized carbons (Fsp3) is 0.611. The van der Waals surface area contributed by atoms with E-state index in [-0.39, 0.29) is 24.4 Å². The van der Waals surface area contributed by atoms with Crippen molar-refractivity contribution < 1.29 is 9.53 Å². The minimum absolute atomic E-state index is 0. The number of carbonyl (C=O) groups is 1. The summed E-state index contributed by atoms with van der Waals surface area (Å²) in [6.07, 6.45) is 3.30. The van der Waals surface area contributed by atoms with E-state index in [0.29, 0.717) is 18.9 Å². The van der Waals surface area contributed by atoms with Crippen LogP contribution in [-0.4, -0.2) is 36.5 Å². The van der Waals surface area contributed by atoms with E-state index in [0.717, 1.165) is 48.7 Å². The highest BCUT2D eigenvalue weighted by Crippen LogP contribution is 2.22. The number of aryl methyl sites for hydroxylation is 1. The van der Waals surface area contributed by atoms with Crippen LogP contribution in [0.4, 0.5) is 0 Å². The van der Waals surface area contributed by atoms with Crippen LogP contribution in [0.1, 0.15) is 38.2 Å². The molecule has 1 aromatic carbocycles. The number of carbonyl (C=O) groups excluding carboxylic acids is 1. The Morgan fingerprint density at radius 1 is 1.42 bits per heavy atom. The van der Waals surface area contributed by atoms with Gasteiger partial charge >= 0.3 is 0 Å². The molecule has 2 rings (SSSR count). The van der Waals surface area contributed by atoms with Gasteiger partial charge < -0.3 is 15.4 Å². The predicted octanol–water partition coefficient (Wildman–Crippen LogP) is 3.82. The van der Waals surface area contributed by atoms with Crippen molar-refractivity contribution in [2.75, 3.05) is 19.7 Å². The van der Waals surface area contributed by atoms with Crippen molar-refractivity contribution in [1.82, 2.24) is 4.90 Å². The highest BCUT2D eigenvalue weighted by Gasteiger charge is 2.24. The van der Waals surface area contributed by atoms with E-state index in [2.05, 4.69) is 6.92 Å². The first kappa shape index (κ1) is 21.1. The van der Waals surface area contributed by atoms with E-state index >= 15 is 0 Å². The molecule has 24 heavy (non-hydrogen) atoms. The van der Waals surface area contributed by atoms with Crippen molar-refractivity contribution in [3.8, 4) is 5.75 Å². The molecule has 1 aromatic rings. The largest absolute Gasteiger partial charge is 0.494 e. The molecule has 6 heteroatoms. The molecule has 1 atom stereocenters. The maximum Gasteiger partial charge on any atom is 0.222 e. The maximum atomic E-state index is 12.2. The molecule has 1 heterocycles. The Kier molecular flexibility index (Phi) is 8.88. The molecule has 4 nitrogen and oxygen atoms in total. The summed E-state index contributed by atoms with van der Waals surface area (Å²) in [6, 6.07) is 5.84. The summed E-state index contributed by atoms with van der Waals surface area (Å²) in [4.78, 5) is 14.2. The van der Waals surface area contributed by atoms with Crippen molar-refractivity contribution in [1.29, 1.82) is 0 Å². The molecular weight excluding hydrogens is 347 g/mol. The second-order valence-electron chi connectivity index (χ2n) is 6.44. The summed E-state index contributed by atoms with van der Waals surface area (Å²) < 4.78 is 5.68. The van der Waals surface area contributed by atoms with Gasteiger partial charge in [-0.1, -0.05) is 11.6 Å². The molecule has 0 aromatic heterocycles. The van der Waals surface area contributed by atoms with Crippen molar-refractivity contribution in [2.45, 2.75) is 45.6 Å². The van der Waals surface area contributed by atoms with Crippen LogP contribution >= 0.6 is 24.0 Å². The SMILES string of the molecule is Cc1cc(OCCCC(=O)N2CCC(C(C)N)CC2)ccc1Cl.Cl. The average molecular weight is 375 g/mol. The van der Waals surface area contributed by atoms with Gasteiger partial charge in [0, 0.05) is 30.6 Å². The van der Waals surface area contributed by atoms with E-state index < -0.39 is 0 Å². The minimum Gasteiger partial charge on any atom is -0.494 e. The molecule has 1 amide bonds. The van der Waals surface area contributed by atoms with Gasteiger partial charge in [0.15, 0.2) is 0 Å². The van der Waals surface area contributed by atoms with Crippen LogP contribution in [0.15, 0.2) is 18.2 Å². The number of ether oxygens (including phenoxy) is 1. The van der Waals surface area contributed by atoms with Crippen LogP contribution in [0.2, 0.25) is 5.02 Å². The molecule has 1 unspecified atom stereocenters. The van der Waals surface area contributed by atoms with Gasteiger partial charge in [-0.15, -0.1) is 12.4 Å². The lowest BCUT2D eigenvalue weighted by molar-refractivity contribution is -0.132. The zero-order chi connectivity index (χ0) is 16.8. The molecule has 1 aliphatic heterocycles. The topological polar surface area (TPSA) is 55.6 Å². The number of benzene rings is 1. The second kappa shape index (κ2) is 10.1. The molecule has 1 saturated heterocycles. The highest BCUT2D eigenvalue weighted by atomic mass is 35.5. The van der Waals surface area contributed by atoms with E-state index in [1.54, 1.807) is 0 Å². The van der Waals surface area contributed by atoms with Crippen LogP contribution in [0.5, 0.6) is 5.75 Å². The molecule has 2 N–H and O–H groups in total. The number of likely N-dealkylation sites (tertiary alicyclic amines) is 1. The minimum atomic E-state index is 0. The van der Waals surface area contributed by atoms with Crippen molar-refractivity contribution in [2.24, 2.45) is 11.7 Å². The van der Waals surface area contributed by atoms with Gasteiger partial charge in [-0.3, -0.25) is 4.79 Å². The first-order valence-electron chi connectivity index (χ1n) is 8.39. The number of halogens is 2. The number of nitrogens with zero attached hydrogens (tertiary/aromatic N) is 1. The Morgan fingerprint density at radius 3 is 2.67 bits per heavy atom. The van der Waals surface area contributed by atoms with Crippen LogP contribution < -0.4 is 10.5 Å². The maximum absolute atomic E-state index is 12.2. The zero-order valence-corrected chi connectivity index (χ0v) is 16.0. The van der Waals surface area contributed by atoms with Gasteiger partial charge in [-0.05, 0) is 62.8 Å². The molecule has 1 aliphatic rings. The number of hydrogen-bond acceptors (Lipinski definition) is 3. The van der Waals surface area contributed by atoms with Gasteiger partial charge in [0.1, 0.15) is 5.75 Å². The molecule has 0 bridgehead atoms. The molecule has 0 radical (unpaired) electrons. The van der Waals surface area contributed by atoms with Gasteiger partial charge in [0.2, 0.25) is 5.91 Å². The first-order valence-corrected chi connectivity index (χ1v) is 8.77. The van der Waals surface area contributed by atoms with Crippen LogP contribution in [0, 0.1) is 12.8 Å². The third-order valence-electron chi connectivity index (χ3n) is 4.57. The lowest BCUT2D eigenvalue weighted by Gasteiger charge is -2.33. The van der Waals surface area contributed by atoms with Crippen LogP contribution in [0.25, 0.3) is 0 Å². The Morgan fingerprint density at radius 2 is 2.08 bits per heavy atom. The van der Waals surface area contributed by atoms with E-state index in [1.165, 1.54) is 0 Å². The summed E-state index contributed by atoms with van der Waals surface area (Å²) in [5.74, 6) is 1.58. The van der Waals surface area contributed by atoms with Gasteiger partial charge in [0.05, 0.1) is 6.61 Å². The zero-order valence-electron chi connectivity index (χ0n) is 14.5. The Balaban J connectivity index is 0.00000288. The highest BCUT2D eigenvalue weighted by molar-refractivity contribution is 6.31. The normalized spacial score (nSPS) is 16.4. The lowest BCUT2D eigenvalue weighted by Crippen LogP contribution is -2.42. The number of piperidine rings is 1. The summed E-state index contributed by atoms with van der Waals surface area (Å²) in [5, 5.41) is 0.739. The molecular formula is C18H28Cl2N2O2.